The minimum absolute atomic E-state index is 0.0227. The van der Waals surface area contributed by atoms with E-state index in [1.54, 1.807) is 18.9 Å². The highest BCUT2D eigenvalue weighted by Gasteiger charge is 2.41. The maximum Gasteiger partial charge on any atom is 0.329 e. The van der Waals surface area contributed by atoms with Gasteiger partial charge in [0.25, 0.3) is 5.91 Å². The third-order valence-corrected chi connectivity index (χ3v) is 7.68. The zero-order chi connectivity index (χ0) is 27.9. The van der Waals surface area contributed by atoms with E-state index in [0.717, 1.165) is 47.9 Å². The molecule has 0 radical (unpaired) electrons. The summed E-state index contributed by atoms with van der Waals surface area (Å²) in [5.74, 6) is 0.506. The van der Waals surface area contributed by atoms with Crippen molar-refractivity contribution in [2.24, 2.45) is 0 Å². The van der Waals surface area contributed by atoms with Crippen LogP contribution in [-0.2, 0) is 38.6 Å². The van der Waals surface area contributed by atoms with Gasteiger partial charge in [-0.15, -0.1) is 0 Å². The first-order valence-electron chi connectivity index (χ1n) is 14.1. The lowest BCUT2D eigenvalue weighted by Crippen LogP contribution is -2.51. The Morgan fingerprint density at radius 2 is 1.65 bits per heavy atom. The fraction of sp³-hybridized carbons (Fsp3) is 0.394. The van der Waals surface area contributed by atoms with Crippen LogP contribution in [0.15, 0.2) is 72.8 Å². The smallest absolute Gasteiger partial charge is 0.329 e. The molecule has 7 heteroatoms. The predicted molar refractivity (Wildman–Crippen MR) is 151 cm³/mol. The molecular weight excluding hydrogens is 506 g/mol. The quantitative estimate of drug-likeness (QED) is 0.301. The van der Waals surface area contributed by atoms with Crippen LogP contribution in [0.3, 0.4) is 0 Å². The molecule has 1 heterocycles. The van der Waals surface area contributed by atoms with Crippen LogP contribution in [0.4, 0.5) is 0 Å². The zero-order valence-electron chi connectivity index (χ0n) is 23.2. The number of fused-ring (bicyclic) bond motifs is 1. The first-order valence-corrected chi connectivity index (χ1v) is 14.1. The average Bonchev–Trinajstić information content (AvgIpc) is 3.52. The number of amides is 1. The van der Waals surface area contributed by atoms with E-state index in [-0.39, 0.29) is 31.6 Å². The molecule has 7 nitrogen and oxygen atoms in total. The number of hydrogen-bond acceptors (Lipinski definition) is 6. The topological polar surface area (TPSA) is 74.3 Å². The number of methoxy groups -OCH3 is 1. The lowest BCUT2D eigenvalue weighted by molar-refractivity contribution is -0.163. The molecular formula is C33H37NO6. The monoisotopic (exact) mass is 543 g/mol. The number of carbonyl (C=O) groups excluding carboxylic acids is 2. The molecule has 1 amide bonds. The van der Waals surface area contributed by atoms with Gasteiger partial charge >= 0.3 is 5.97 Å². The van der Waals surface area contributed by atoms with E-state index in [4.69, 9.17) is 18.9 Å². The second kappa shape index (κ2) is 13.0. The van der Waals surface area contributed by atoms with Gasteiger partial charge in [0.05, 0.1) is 19.8 Å². The maximum atomic E-state index is 14.3. The fourth-order valence-electron chi connectivity index (χ4n) is 5.62. The molecule has 0 bridgehead atoms. The SMILES string of the molecule is CCOC(=O)[C@@H]1Cc2c(ccc(OC)c2OCc2ccccc2)CN1C(=O)C(OC1CCCC1)c1ccccc1. The maximum absolute atomic E-state index is 14.3. The number of ether oxygens (including phenoxy) is 4. The molecule has 3 aromatic carbocycles. The van der Waals surface area contributed by atoms with Crippen molar-refractivity contribution >= 4 is 11.9 Å². The molecule has 2 atom stereocenters. The van der Waals surface area contributed by atoms with Gasteiger partial charge in [0, 0.05) is 18.5 Å². The van der Waals surface area contributed by atoms with Crippen molar-refractivity contribution in [1.29, 1.82) is 0 Å². The third kappa shape index (κ3) is 6.15. The van der Waals surface area contributed by atoms with Crippen molar-refractivity contribution in [2.75, 3.05) is 13.7 Å². The van der Waals surface area contributed by atoms with Crippen molar-refractivity contribution in [1.82, 2.24) is 4.90 Å². The summed E-state index contributed by atoms with van der Waals surface area (Å²) in [6, 6.07) is 22.4. The highest BCUT2D eigenvalue weighted by atomic mass is 16.5. The molecule has 1 saturated carbocycles. The Hall–Kier alpha value is -3.84. The summed E-state index contributed by atoms with van der Waals surface area (Å²) in [6.45, 7) is 2.58. The Bertz CT molecular complexity index is 1290. The van der Waals surface area contributed by atoms with Crippen molar-refractivity contribution < 1.29 is 28.5 Å². The molecule has 2 aliphatic rings. The van der Waals surface area contributed by atoms with Gasteiger partial charge < -0.3 is 23.8 Å². The summed E-state index contributed by atoms with van der Waals surface area (Å²) >= 11 is 0. The minimum Gasteiger partial charge on any atom is -0.493 e. The second-order valence-electron chi connectivity index (χ2n) is 10.3. The summed E-state index contributed by atoms with van der Waals surface area (Å²) in [7, 11) is 1.60. The molecule has 1 unspecified atom stereocenters. The van der Waals surface area contributed by atoms with Crippen LogP contribution in [0.2, 0.25) is 0 Å². The number of benzene rings is 3. The molecule has 5 rings (SSSR count). The van der Waals surface area contributed by atoms with Crippen LogP contribution in [0.25, 0.3) is 0 Å². The summed E-state index contributed by atoms with van der Waals surface area (Å²) in [4.78, 5) is 29.2. The van der Waals surface area contributed by atoms with E-state index < -0.39 is 18.1 Å². The molecule has 0 spiro atoms. The number of hydrogen-bond donors (Lipinski definition) is 0. The van der Waals surface area contributed by atoms with E-state index in [1.807, 2.05) is 72.8 Å². The Morgan fingerprint density at radius 1 is 0.950 bits per heavy atom. The van der Waals surface area contributed by atoms with E-state index in [2.05, 4.69) is 0 Å². The van der Waals surface area contributed by atoms with E-state index >= 15 is 0 Å². The molecule has 40 heavy (non-hydrogen) atoms. The Labute approximate surface area is 236 Å². The van der Waals surface area contributed by atoms with Gasteiger partial charge in [0.15, 0.2) is 17.6 Å². The molecule has 210 valence electrons. The summed E-state index contributed by atoms with van der Waals surface area (Å²) in [5, 5.41) is 0. The normalized spacial score (nSPS) is 17.6. The number of rotatable bonds is 10. The molecule has 1 aliphatic heterocycles. The predicted octanol–water partition coefficient (Wildman–Crippen LogP) is 5.79. The number of esters is 1. The molecule has 3 aromatic rings. The fourth-order valence-corrected chi connectivity index (χ4v) is 5.62. The first-order chi connectivity index (χ1) is 19.6. The summed E-state index contributed by atoms with van der Waals surface area (Å²) in [5.41, 5.74) is 3.57. The van der Waals surface area contributed by atoms with Crippen LogP contribution < -0.4 is 9.47 Å². The number of nitrogens with zero attached hydrogens (tertiary/aromatic N) is 1. The molecule has 1 aliphatic carbocycles. The van der Waals surface area contributed by atoms with Crippen molar-refractivity contribution in [2.45, 2.75) is 70.4 Å². The second-order valence-corrected chi connectivity index (χ2v) is 10.3. The highest BCUT2D eigenvalue weighted by molar-refractivity contribution is 5.89. The summed E-state index contributed by atoms with van der Waals surface area (Å²) in [6.07, 6.45) is 3.54. The van der Waals surface area contributed by atoms with E-state index in [1.165, 1.54) is 0 Å². The van der Waals surface area contributed by atoms with Crippen molar-refractivity contribution in [3.8, 4) is 11.5 Å². The molecule has 1 fully saturated rings. The molecule has 0 saturated heterocycles. The van der Waals surface area contributed by atoms with Gasteiger partial charge in [-0.25, -0.2) is 4.79 Å². The Morgan fingerprint density at radius 3 is 2.33 bits per heavy atom. The van der Waals surface area contributed by atoms with Crippen LogP contribution in [-0.4, -0.2) is 42.6 Å². The van der Waals surface area contributed by atoms with Gasteiger partial charge in [-0.2, -0.15) is 0 Å². The lowest BCUT2D eigenvalue weighted by atomic mass is 9.91. The first kappa shape index (κ1) is 27.7. The van der Waals surface area contributed by atoms with E-state index in [0.29, 0.717) is 18.1 Å². The third-order valence-electron chi connectivity index (χ3n) is 7.68. The largest absolute Gasteiger partial charge is 0.493 e. The Kier molecular flexibility index (Phi) is 9.01. The zero-order valence-corrected chi connectivity index (χ0v) is 23.2. The lowest BCUT2D eigenvalue weighted by Gasteiger charge is -2.38. The minimum atomic E-state index is -0.815. The van der Waals surface area contributed by atoms with Gasteiger partial charge in [-0.3, -0.25) is 4.79 Å². The van der Waals surface area contributed by atoms with Gasteiger partial charge in [-0.05, 0) is 42.5 Å². The Balaban J connectivity index is 1.49. The van der Waals surface area contributed by atoms with Crippen LogP contribution in [0.5, 0.6) is 11.5 Å². The van der Waals surface area contributed by atoms with Crippen LogP contribution in [0, 0.1) is 0 Å². The van der Waals surface area contributed by atoms with Gasteiger partial charge in [0.1, 0.15) is 12.6 Å². The van der Waals surface area contributed by atoms with Crippen LogP contribution in [0.1, 0.15) is 61.0 Å². The summed E-state index contributed by atoms with van der Waals surface area (Å²) < 4.78 is 23.9. The van der Waals surface area contributed by atoms with Crippen molar-refractivity contribution in [3.05, 3.63) is 95.1 Å². The molecule has 0 N–H and O–H groups in total. The highest BCUT2D eigenvalue weighted by Crippen LogP contribution is 2.40. The standard InChI is InChI=1S/C33H37NO6/c1-3-38-33(36)28-20-27-25(18-19-29(37-2)31(27)39-22-23-12-6-4-7-13-23)21-34(28)32(35)30(24-14-8-5-9-15-24)40-26-16-10-11-17-26/h4-9,12-15,18-19,26,28,30H,3,10-11,16-17,20-22H2,1-2H3/t28-,30?/m0/s1. The number of carbonyl (C=O) groups is 2. The van der Waals surface area contributed by atoms with Crippen LogP contribution >= 0.6 is 0 Å². The van der Waals surface area contributed by atoms with Gasteiger partial charge in [0.2, 0.25) is 0 Å². The molecule has 0 aromatic heterocycles. The van der Waals surface area contributed by atoms with Gasteiger partial charge in [-0.1, -0.05) is 79.6 Å². The van der Waals surface area contributed by atoms with Crippen molar-refractivity contribution in [3.63, 3.8) is 0 Å². The van der Waals surface area contributed by atoms with E-state index in [9.17, 15) is 9.59 Å². The average molecular weight is 544 g/mol.